The van der Waals surface area contributed by atoms with Gasteiger partial charge in [0.15, 0.2) is 0 Å². The van der Waals surface area contributed by atoms with Crippen LogP contribution in [-0.2, 0) is 0 Å². The molecule has 2 aromatic rings. The summed E-state index contributed by atoms with van der Waals surface area (Å²) in [6.45, 7) is 0. The molecule has 0 fully saturated rings. The van der Waals surface area contributed by atoms with E-state index in [1.54, 1.807) is 0 Å². The summed E-state index contributed by atoms with van der Waals surface area (Å²) < 4.78 is 0.739. The average Bonchev–Trinajstić information content (AvgIpc) is 2.54. The van der Waals surface area contributed by atoms with Gasteiger partial charge in [0.1, 0.15) is 17.5 Å². The number of nitrogens with two attached hydrogens (primary N) is 1. The first kappa shape index (κ1) is 9.81. The summed E-state index contributed by atoms with van der Waals surface area (Å²) in [6, 6.07) is 11.7. The summed E-state index contributed by atoms with van der Waals surface area (Å²) in [7, 11) is 0. The molecule has 0 unspecified atom stereocenters. The standard InChI is InChI=1S/C11H8BrN3/c12-10-9(7-4-2-1-3-5-7)8(6-13)11(14)15-10/h1-5,15H,14H2. The maximum atomic E-state index is 9.00. The summed E-state index contributed by atoms with van der Waals surface area (Å²) >= 11 is 3.36. The molecule has 0 spiro atoms. The number of nitrogen functional groups attached to an aromatic ring is 1. The molecular formula is C11H8BrN3. The zero-order valence-electron chi connectivity index (χ0n) is 7.79. The molecule has 4 heteroatoms. The molecule has 0 aliphatic carbocycles. The van der Waals surface area contributed by atoms with E-state index in [0.29, 0.717) is 11.4 Å². The van der Waals surface area contributed by atoms with Crippen molar-refractivity contribution in [2.75, 3.05) is 5.73 Å². The molecule has 0 bridgehead atoms. The maximum Gasteiger partial charge on any atom is 0.120 e. The Hall–Kier alpha value is -1.73. The van der Waals surface area contributed by atoms with Gasteiger partial charge >= 0.3 is 0 Å². The van der Waals surface area contributed by atoms with E-state index in [1.165, 1.54) is 0 Å². The number of benzene rings is 1. The maximum absolute atomic E-state index is 9.00. The zero-order valence-corrected chi connectivity index (χ0v) is 9.38. The summed E-state index contributed by atoms with van der Waals surface area (Å²) in [5.41, 5.74) is 7.94. The third-order valence-corrected chi connectivity index (χ3v) is 2.75. The molecule has 0 radical (unpaired) electrons. The predicted octanol–water partition coefficient (Wildman–Crippen LogP) is 2.90. The van der Waals surface area contributed by atoms with Crippen LogP contribution in [0.5, 0.6) is 0 Å². The Kier molecular flexibility index (Phi) is 2.48. The Balaban J connectivity index is 2.69. The van der Waals surface area contributed by atoms with Crippen molar-refractivity contribution in [3.63, 3.8) is 0 Å². The second-order valence-corrected chi connectivity index (χ2v) is 3.87. The van der Waals surface area contributed by atoms with E-state index >= 15 is 0 Å². The lowest BCUT2D eigenvalue weighted by Gasteiger charge is -1.99. The SMILES string of the molecule is N#Cc1c(N)[nH]c(Br)c1-c1ccccc1. The molecule has 0 aliphatic heterocycles. The minimum atomic E-state index is 0.392. The fourth-order valence-electron chi connectivity index (χ4n) is 1.48. The quantitative estimate of drug-likeness (QED) is 0.829. The lowest BCUT2D eigenvalue weighted by Crippen LogP contribution is -1.87. The first-order chi connectivity index (χ1) is 7.24. The van der Waals surface area contributed by atoms with Crippen LogP contribution in [0.2, 0.25) is 0 Å². The van der Waals surface area contributed by atoms with Gasteiger partial charge in [0.05, 0.1) is 4.60 Å². The van der Waals surface area contributed by atoms with Gasteiger partial charge in [0, 0.05) is 5.56 Å². The average molecular weight is 262 g/mol. The molecule has 1 aromatic heterocycles. The van der Waals surface area contributed by atoms with Gasteiger partial charge in [-0.05, 0) is 21.5 Å². The number of aromatic nitrogens is 1. The predicted molar refractivity (Wildman–Crippen MR) is 63.1 cm³/mol. The van der Waals surface area contributed by atoms with Crippen LogP contribution in [0.4, 0.5) is 5.82 Å². The van der Waals surface area contributed by atoms with E-state index in [9.17, 15) is 0 Å². The normalized spacial score (nSPS) is 9.87. The number of nitriles is 1. The van der Waals surface area contributed by atoms with Crippen LogP contribution in [0.25, 0.3) is 11.1 Å². The summed E-state index contributed by atoms with van der Waals surface area (Å²) in [4.78, 5) is 2.90. The summed E-state index contributed by atoms with van der Waals surface area (Å²) in [6.07, 6.45) is 0. The smallest absolute Gasteiger partial charge is 0.120 e. The molecule has 0 amide bonds. The van der Waals surface area contributed by atoms with Crippen LogP contribution in [-0.4, -0.2) is 4.98 Å². The number of hydrogen-bond donors (Lipinski definition) is 2. The minimum Gasteiger partial charge on any atom is -0.384 e. The second-order valence-electron chi connectivity index (χ2n) is 3.08. The molecule has 2 rings (SSSR count). The molecule has 3 N–H and O–H groups in total. The van der Waals surface area contributed by atoms with Crippen molar-refractivity contribution in [2.45, 2.75) is 0 Å². The van der Waals surface area contributed by atoms with E-state index < -0.39 is 0 Å². The third-order valence-electron chi connectivity index (χ3n) is 2.16. The first-order valence-corrected chi connectivity index (χ1v) is 5.15. The van der Waals surface area contributed by atoms with Crippen molar-refractivity contribution < 1.29 is 0 Å². The molecular weight excluding hydrogens is 254 g/mol. The van der Waals surface area contributed by atoms with E-state index in [0.717, 1.165) is 15.7 Å². The monoisotopic (exact) mass is 261 g/mol. The number of nitrogens with zero attached hydrogens (tertiary/aromatic N) is 1. The lowest BCUT2D eigenvalue weighted by molar-refractivity contribution is 1.36. The van der Waals surface area contributed by atoms with Crippen molar-refractivity contribution in [3.8, 4) is 17.2 Å². The van der Waals surface area contributed by atoms with Crippen LogP contribution < -0.4 is 5.73 Å². The fourth-order valence-corrected chi connectivity index (χ4v) is 2.12. The number of rotatable bonds is 1. The third kappa shape index (κ3) is 1.62. The van der Waals surface area contributed by atoms with Crippen LogP contribution in [0.1, 0.15) is 5.56 Å². The highest BCUT2D eigenvalue weighted by Crippen LogP contribution is 2.34. The second kappa shape index (κ2) is 3.79. The van der Waals surface area contributed by atoms with Gasteiger partial charge in [-0.2, -0.15) is 5.26 Å². The largest absolute Gasteiger partial charge is 0.384 e. The highest BCUT2D eigenvalue weighted by molar-refractivity contribution is 9.10. The highest BCUT2D eigenvalue weighted by atomic mass is 79.9. The van der Waals surface area contributed by atoms with Crippen LogP contribution in [0.3, 0.4) is 0 Å². The number of aromatic amines is 1. The Labute approximate surface area is 95.7 Å². The number of hydrogen-bond acceptors (Lipinski definition) is 2. The Bertz CT molecular complexity index is 523. The van der Waals surface area contributed by atoms with Crippen molar-refractivity contribution in [1.82, 2.24) is 4.98 Å². The van der Waals surface area contributed by atoms with Crippen molar-refractivity contribution in [2.24, 2.45) is 0 Å². The topological polar surface area (TPSA) is 65.6 Å². The molecule has 1 aromatic carbocycles. The van der Waals surface area contributed by atoms with Gasteiger partial charge < -0.3 is 10.7 Å². The summed E-state index contributed by atoms with van der Waals surface area (Å²) in [5.74, 6) is 0.392. The van der Waals surface area contributed by atoms with Crippen LogP contribution in [0, 0.1) is 11.3 Å². The van der Waals surface area contributed by atoms with Gasteiger partial charge in [-0.25, -0.2) is 0 Å². The van der Waals surface area contributed by atoms with Gasteiger partial charge in [0.25, 0.3) is 0 Å². The highest BCUT2D eigenvalue weighted by Gasteiger charge is 2.14. The zero-order chi connectivity index (χ0) is 10.8. The number of halogens is 1. The number of anilines is 1. The Morgan fingerprint density at radius 3 is 2.53 bits per heavy atom. The number of H-pyrrole nitrogens is 1. The lowest BCUT2D eigenvalue weighted by atomic mass is 10.1. The van der Waals surface area contributed by atoms with E-state index in [1.807, 2.05) is 30.3 Å². The van der Waals surface area contributed by atoms with Crippen molar-refractivity contribution in [1.29, 1.82) is 5.26 Å². The van der Waals surface area contributed by atoms with Gasteiger partial charge in [-0.15, -0.1) is 0 Å². The van der Waals surface area contributed by atoms with E-state index in [4.69, 9.17) is 11.0 Å². The summed E-state index contributed by atoms with van der Waals surface area (Å²) in [5, 5.41) is 9.00. The Morgan fingerprint density at radius 1 is 1.27 bits per heavy atom. The molecule has 0 saturated carbocycles. The van der Waals surface area contributed by atoms with Crippen LogP contribution in [0.15, 0.2) is 34.9 Å². The first-order valence-electron chi connectivity index (χ1n) is 4.36. The minimum absolute atomic E-state index is 0.392. The van der Waals surface area contributed by atoms with Gasteiger partial charge in [0.2, 0.25) is 0 Å². The molecule has 0 saturated heterocycles. The molecule has 74 valence electrons. The number of nitrogens with one attached hydrogen (secondary N) is 1. The molecule has 1 heterocycles. The molecule has 0 aliphatic rings. The van der Waals surface area contributed by atoms with Crippen LogP contribution >= 0.6 is 15.9 Å². The molecule has 3 nitrogen and oxygen atoms in total. The van der Waals surface area contributed by atoms with Gasteiger partial charge in [-0.1, -0.05) is 30.3 Å². The van der Waals surface area contributed by atoms with Crippen molar-refractivity contribution >= 4 is 21.7 Å². The molecule has 0 atom stereocenters. The van der Waals surface area contributed by atoms with Crippen molar-refractivity contribution in [3.05, 3.63) is 40.5 Å². The van der Waals surface area contributed by atoms with E-state index in [-0.39, 0.29) is 0 Å². The molecule has 15 heavy (non-hydrogen) atoms. The fraction of sp³-hybridized carbons (Fsp3) is 0. The van der Waals surface area contributed by atoms with E-state index in [2.05, 4.69) is 27.0 Å². The van der Waals surface area contributed by atoms with Gasteiger partial charge in [-0.3, -0.25) is 0 Å². The Morgan fingerprint density at radius 2 is 1.93 bits per heavy atom.